The minimum atomic E-state index is -0.294. The normalized spacial score (nSPS) is 20.1. The number of hydrogen-bond acceptors (Lipinski definition) is 3. The molecule has 3 nitrogen and oxygen atoms in total. The molecule has 0 N–H and O–H groups in total. The molecule has 1 saturated heterocycles. The third kappa shape index (κ3) is 3.12. The molecule has 98 valence electrons. The van der Waals surface area contributed by atoms with Crippen LogP contribution in [0.4, 0.5) is 0 Å². The summed E-state index contributed by atoms with van der Waals surface area (Å²) in [6, 6.07) is 5.66. The Labute approximate surface area is 116 Å². The lowest BCUT2D eigenvalue weighted by molar-refractivity contribution is 0.0600. The Balaban J connectivity index is 2.08. The monoisotopic (exact) mass is 311 g/mol. The number of ether oxygens (including phenoxy) is 1. The second-order valence-corrected chi connectivity index (χ2v) is 5.78. The molecular formula is C14H18BrNO2. The van der Waals surface area contributed by atoms with Crippen LogP contribution in [-0.4, -0.2) is 31.1 Å². The number of hydrogen-bond donors (Lipinski definition) is 0. The summed E-state index contributed by atoms with van der Waals surface area (Å²) in [5.74, 6) is 0.496. The molecule has 1 aromatic carbocycles. The van der Waals surface area contributed by atoms with Crippen LogP contribution in [0.3, 0.4) is 0 Å². The standard InChI is InChI=1S/C14H18BrNO2/c1-10-5-6-16(8-10)9-12-4-3-11(7-13(12)15)14(17)18-2/h3-4,7,10H,5-6,8-9H2,1-2H3. The molecule has 1 unspecified atom stereocenters. The molecule has 1 aliphatic heterocycles. The maximum Gasteiger partial charge on any atom is 0.337 e. The number of rotatable bonds is 3. The fourth-order valence-corrected chi connectivity index (χ4v) is 2.84. The van der Waals surface area contributed by atoms with Crippen molar-refractivity contribution < 1.29 is 9.53 Å². The summed E-state index contributed by atoms with van der Waals surface area (Å²) in [5.41, 5.74) is 1.81. The number of esters is 1. The third-order valence-corrected chi connectivity index (χ3v) is 4.11. The number of likely N-dealkylation sites (tertiary alicyclic amines) is 1. The Morgan fingerprint density at radius 3 is 2.89 bits per heavy atom. The molecule has 18 heavy (non-hydrogen) atoms. The molecule has 1 heterocycles. The molecule has 1 aliphatic rings. The van der Waals surface area contributed by atoms with E-state index in [1.54, 1.807) is 0 Å². The topological polar surface area (TPSA) is 29.5 Å². The minimum Gasteiger partial charge on any atom is -0.465 e. The molecule has 0 aliphatic carbocycles. The first kappa shape index (κ1) is 13.6. The van der Waals surface area contributed by atoms with Crippen LogP contribution >= 0.6 is 15.9 Å². The van der Waals surface area contributed by atoms with E-state index in [2.05, 4.69) is 27.8 Å². The van der Waals surface area contributed by atoms with Gasteiger partial charge in [-0.25, -0.2) is 4.79 Å². The highest BCUT2D eigenvalue weighted by Gasteiger charge is 2.19. The molecular weight excluding hydrogens is 294 g/mol. The van der Waals surface area contributed by atoms with E-state index < -0.39 is 0 Å². The van der Waals surface area contributed by atoms with Crippen LogP contribution in [0, 0.1) is 5.92 Å². The summed E-state index contributed by atoms with van der Waals surface area (Å²) in [5, 5.41) is 0. The van der Waals surface area contributed by atoms with Crippen molar-refractivity contribution in [2.75, 3.05) is 20.2 Å². The zero-order valence-corrected chi connectivity index (χ0v) is 12.4. The highest BCUT2D eigenvalue weighted by molar-refractivity contribution is 9.10. The second-order valence-electron chi connectivity index (χ2n) is 4.93. The summed E-state index contributed by atoms with van der Waals surface area (Å²) in [4.78, 5) is 13.9. The van der Waals surface area contributed by atoms with Gasteiger partial charge in [-0.05, 0) is 36.6 Å². The summed E-state index contributed by atoms with van der Waals surface area (Å²) in [6.07, 6.45) is 1.28. The van der Waals surface area contributed by atoms with Gasteiger partial charge in [0.15, 0.2) is 0 Å². The van der Waals surface area contributed by atoms with E-state index in [1.807, 2.05) is 18.2 Å². The SMILES string of the molecule is COC(=O)c1ccc(CN2CCC(C)C2)c(Br)c1. The first-order chi connectivity index (χ1) is 8.60. The summed E-state index contributed by atoms with van der Waals surface area (Å²) in [6.45, 7) is 5.54. The van der Waals surface area contributed by atoms with E-state index in [1.165, 1.54) is 19.1 Å². The van der Waals surface area contributed by atoms with Gasteiger partial charge in [-0.3, -0.25) is 4.90 Å². The number of carbonyl (C=O) groups is 1. The van der Waals surface area contributed by atoms with Crippen LogP contribution in [0.5, 0.6) is 0 Å². The maximum atomic E-state index is 11.4. The molecule has 0 saturated carbocycles. The van der Waals surface area contributed by atoms with Crippen molar-refractivity contribution in [3.8, 4) is 0 Å². The summed E-state index contributed by atoms with van der Waals surface area (Å²) < 4.78 is 5.69. The maximum absolute atomic E-state index is 11.4. The molecule has 1 atom stereocenters. The number of methoxy groups -OCH3 is 1. The number of benzene rings is 1. The minimum absolute atomic E-state index is 0.294. The van der Waals surface area contributed by atoms with E-state index in [4.69, 9.17) is 4.74 Å². The molecule has 4 heteroatoms. The van der Waals surface area contributed by atoms with Gasteiger partial charge in [0.05, 0.1) is 12.7 Å². The zero-order chi connectivity index (χ0) is 13.1. The third-order valence-electron chi connectivity index (χ3n) is 3.38. The van der Waals surface area contributed by atoms with Gasteiger partial charge in [-0.2, -0.15) is 0 Å². The Morgan fingerprint density at radius 2 is 2.33 bits per heavy atom. The largest absolute Gasteiger partial charge is 0.465 e. The fourth-order valence-electron chi connectivity index (χ4n) is 2.33. The molecule has 0 bridgehead atoms. The van der Waals surface area contributed by atoms with E-state index in [0.29, 0.717) is 5.56 Å². The van der Waals surface area contributed by atoms with Gasteiger partial charge < -0.3 is 4.74 Å². The van der Waals surface area contributed by atoms with Crippen molar-refractivity contribution >= 4 is 21.9 Å². The number of carbonyl (C=O) groups excluding carboxylic acids is 1. The Bertz CT molecular complexity index is 447. The van der Waals surface area contributed by atoms with Gasteiger partial charge >= 0.3 is 5.97 Å². The van der Waals surface area contributed by atoms with Crippen LogP contribution in [0.1, 0.15) is 29.3 Å². The van der Waals surface area contributed by atoms with Crippen LogP contribution < -0.4 is 0 Å². The lowest BCUT2D eigenvalue weighted by Gasteiger charge is -2.16. The highest BCUT2D eigenvalue weighted by Crippen LogP contribution is 2.24. The van der Waals surface area contributed by atoms with Crippen molar-refractivity contribution in [1.29, 1.82) is 0 Å². The molecule has 2 rings (SSSR count). The van der Waals surface area contributed by atoms with Gasteiger partial charge in [0, 0.05) is 17.6 Å². The number of halogens is 1. The average molecular weight is 312 g/mol. The highest BCUT2D eigenvalue weighted by atomic mass is 79.9. The van der Waals surface area contributed by atoms with Crippen molar-refractivity contribution in [2.24, 2.45) is 5.92 Å². The van der Waals surface area contributed by atoms with Crippen molar-refractivity contribution in [3.63, 3.8) is 0 Å². The Kier molecular flexibility index (Phi) is 4.40. The van der Waals surface area contributed by atoms with Crippen LogP contribution in [0.15, 0.2) is 22.7 Å². The summed E-state index contributed by atoms with van der Waals surface area (Å²) >= 11 is 3.53. The summed E-state index contributed by atoms with van der Waals surface area (Å²) in [7, 11) is 1.40. The van der Waals surface area contributed by atoms with Crippen LogP contribution in [-0.2, 0) is 11.3 Å². The van der Waals surface area contributed by atoms with Crippen LogP contribution in [0.25, 0.3) is 0 Å². The lowest BCUT2D eigenvalue weighted by Crippen LogP contribution is -2.20. The molecule has 1 fully saturated rings. The van der Waals surface area contributed by atoms with Gasteiger partial charge in [0.25, 0.3) is 0 Å². The van der Waals surface area contributed by atoms with Crippen molar-refractivity contribution in [3.05, 3.63) is 33.8 Å². The van der Waals surface area contributed by atoms with E-state index in [-0.39, 0.29) is 5.97 Å². The Morgan fingerprint density at radius 1 is 1.56 bits per heavy atom. The van der Waals surface area contributed by atoms with Crippen molar-refractivity contribution in [2.45, 2.75) is 19.9 Å². The first-order valence-corrected chi connectivity index (χ1v) is 6.98. The Hall–Kier alpha value is -0.870. The zero-order valence-electron chi connectivity index (χ0n) is 10.8. The predicted molar refractivity (Wildman–Crippen MR) is 74.5 cm³/mol. The van der Waals surface area contributed by atoms with Gasteiger partial charge in [-0.1, -0.05) is 28.9 Å². The quantitative estimate of drug-likeness (QED) is 0.803. The van der Waals surface area contributed by atoms with Gasteiger partial charge in [0.2, 0.25) is 0 Å². The van der Waals surface area contributed by atoms with Crippen molar-refractivity contribution in [1.82, 2.24) is 4.90 Å². The number of nitrogens with zero attached hydrogens (tertiary/aromatic N) is 1. The molecule has 0 spiro atoms. The van der Waals surface area contributed by atoms with Gasteiger partial charge in [0.1, 0.15) is 0 Å². The van der Waals surface area contributed by atoms with E-state index >= 15 is 0 Å². The van der Waals surface area contributed by atoms with E-state index in [0.717, 1.165) is 30.0 Å². The van der Waals surface area contributed by atoms with Crippen LogP contribution in [0.2, 0.25) is 0 Å². The second kappa shape index (κ2) is 5.85. The van der Waals surface area contributed by atoms with Gasteiger partial charge in [-0.15, -0.1) is 0 Å². The molecule has 0 radical (unpaired) electrons. The average Bonchev–Trinajstić information content (AvgIpc) is 2.76. The molecule has 1 aromatic rings. The molecule has 0 aromatic heterocycles. The fraction of sp³-hybridized carbons (Fsp3) is 0.500. The predicted octanol–water partition coefficient (Wildman–Crippen LogP) is 3.08. The molecule has 0 amide bonds. The van der Waals surface area contributed by atoms with E-state index in [9.17, 15) is 4.79 Å². The lowest BCUT2D eigenvalue weighted by atomic mass is 10.1. The smallest absolute Gasteiger partial charge is 0.337 e. The first-order valence-electron chi connectivity index (χ1n) is 6.19.